The van der Waals surface area contributed by atoms with Gasteiger partial charge in [0.1, 0.15) is 18.0 Å². The summed E-state index contributed by atoms with van der Waals surface area (Å²) in [6, 6.07) is 7.53. The molecule has 0 saturated heterocycles. The summed E-state index contributed by atoms with van der Waals surface area (Å²) in [6.45, 7) is -0.292. The summed E-state index contributed by atoms with van der Waals surface area (Å²) >= 11 is 0. The first kappa shape index (κ1) is 16.9. The first-order chi connectivity index (χ1) is 11.8. The Morgan fingerprint density at radius 1 is 1.24 bits per heavy atom. The van der Waals surface area contributed by atoms with Gasteiger partial charge in [0.25, 0.3) is 0 Å². The van der Waals surface area contributed by atoms with Crippen LogP contribution in [0.15, 0.2) is 54.0 Å². The molecule has 0 aliphatic carbocycles. The third-order valence-corrected chi connectivity index (χ3v) is 4.00. The second kappa shape index (κ2) is 6.18. The fourth-order valence-electron chi connectivity index (χ4n) is 2.94. The molecule has 25 heavy (non-hydrogen) atoms. The molecular weight excluding hydrogens is 335 g/mol. The van der Waals surface area contributed by atoms with Crippen LogP contribution >= 0.6 is 0 Å². The van der Waals surface area contributed by atoms with Gasteiger partial charge in [-0.05, 0) is 23.8 Å². The zero-order chi connectivity index (χ0) is 18.2. The van der Waals surface area contributed by atoms with Gasteiger partial charge in [0, 0.05) is 25.0 Å². The van der Waals surface area contributed by atoms with Crippen molar-refractivity contribution in [2.24, 2.45) is 0 Å². The third kappa shape index (κ3) is 3.19. The molecule has 0 spiro atoms. The lowest BCUT2D eigenvalue weighted by Gasteiger charge is -2.36. The largest absolute Gasteiger partial charge is 0.573 e. The fourth-order valence-corrected chi connectivity index (χ4v) is 2.94. The van der Waals surface area contributed by atoms with Gasteiger partial charge in [-0.3, -0.25) is 0 Å². The van der Waals surface area contributed by atoms with E-state index < -0.39 is 6.36 Å². The fraction of sp³-hybridized carbons (Fsp3) is 0.235. The Morgan fingerprint density at radius 3 is 2.48 bits per heavy atom. The maximum atomic E-state index is 12.3. The Bertz CT molecular complexity index is 804. The van der Waals surface area contributed by atoms with E-state index in [1.807, 2.05) is 11.9 Å². The number of halogens is 3. The SMILES string of the molecule is CN1C=CN2C(CO)=C(C#N)C=C(c3ccc(OC(F)(F)F)cc3)C12. The van der Waals surface area contributed by atoms with Crippen LogP contribution in [-0.2, 0) is 0 Å². The molecular formula is C17H14F3N3O2. The van der Waals surface area contributed by atoms with Gasteiger partial charge >= 0.3 is 6.36 Å². The standard InChI is InChI=1S/C17H14F3N3O2/c1-22-6-7-23-15(10-24)12(9-21)8-14(16(22)23)11-2-4-13(5-3-11)25-17(18,19)20/h2-8,16,24H,10H2,1H3. The quantitative estimate of drug-likeness (QED) is 0.909. The summed E-state index contributed by atoms with van der Waals surface area (Å²) in [5.74, 6) is -0.311. The van der Waals surface area contributed by atoms with Crippen LogP contribution in [-0.4, -0.2) is 41.1 Å². The van der Waals surface area contributed by atoms with Crippen molar-refractivity contribution in [3.8, 4) is 11.8 Å². The van der Waals surface area contributed by atoms with E-state index in [2.05, 4.69) is 10.8 Å². The first-order valence-corrected chi connectivity index (χ1v) is 7.34. The van der Waals surface area contributed by atoms with Crippen LogP contribution in [0.25, 0.3) is 5.57 Å². The molecule has 1 N–H and O–H groups in total. The number of hydrogen-bond donors (Lipinski definition) is 1. The number of allylic oxidation sites excluding steroid dienone is 2. The van der Waals surface area contributed by atoms with Gasteiger partial charge in [0.05, 0.1) is 17.9 Å². The topological polar surface area (TPSA) is 59.7 Å². The average molecular weight is 349 g/mol. The maximum Gasteiger partial charge on any atom is 0.573 e. The van der Waals surface area contributed by atoms with Crippen LogP contribution in [0.1, 0.15) is 5.56 Å². The van der Waals surface area contributed by atoms with Gasteiger partial charge in [0.2, 0.25) is 0 Å². The van der Waals surface area contributed by atoms with Gasteiger partial charge in [-0.25, -0.2) is 0 Å². The van der Waals surface area contributed by atoms with E-state index in [-0.39, 0.29) is 18.5 Å². The van der Waals surface area contributed by atoms with Crippen LogP contribution in [0.4, 0.5) is 13.2 Å². The predicted octanol–water partition coefficient (Wildman–Crippen LogP) is 2.80. The first-order valence-electron chi connectivity index (χ1n) is 7.34. The molecule has 0 aromatic heterocycles. The van der Waals surface area contributed by atoms with Crippen molar-refractivity contribution in [3.05, 3.63) is 59.6 Å². The number of aliphatic hydroxyl groups excluding tert-OH is 1. The lowest BCUT2D eigenvalue weighted by atomic mass is 9.95. The number of hydrogen-bond acceptors (Lipinski definition) is 5. The number of benzene rings is 1. The van der Waals surface area contributed by atoms with Crippen LogP contribution in [0, 0.1) is 11.3 Å². The number of nitriles is 1. The highest BCUT2D eigenvalue weighted by molar-refractivity contribution is 5.76. The van der Waals surface area contributed by atoms with Gasteiger partial charge in [-0.1, -0.05) is 12.1 Å². The van der Waals surface area contributed by atoms with E-state index in [1.54, 1.807) is 23.4 Å². The highest BCUT2D eigenvalue weighted by atomic mass is 19.4. The molecule has 1 unspecified atom stereocenters. The molecule has 1 aromatic carbocycles. The second-order valence-corrected chi connectivity index (χ2v) is 5.55. The molecule has 0 bridgehead atoms. The number of nitrogens with zero attached hydrogens (tertiary/aromatic N) is 3. The second-order valence-electron chi connectivity index (χ2n) is 5.55. The number of likely N-dealkylation sites (N-methyl/N-ethyl adjacent to an activating group) is 1. The normalized spacial score (nSPS) is 19.7. The molecule has 0 saturated carbocycles. The monoisotopic (exact) mass is 349 g/mol. The van der Waals surface area contributed by atoms with Crippen molar-refractivity contribution in [1.29, 1.82) is 5.26 Å². The number of alkyl halides is 3. The molecule has 0 fully saturated rings. The van der Waals surface area contributed by atoms with E-state index in [1.165, 1.54) is 24.3 Å². The molecule has 0 radical (unpaired) electrons. The van der Waals surface area contributed by atoms with E-state index in [9.17, 15) is 23.5 Å². The van der Waals surface area contributed by atoms with E-state index in [0.29, 0.717) is 16.8 Å². The zero-order valence-electron chi connectivity index (χ0n) is 13.2. The molecule has 5 nitrogen and oxygen atoms in total. The summed E-state index contributed by atoms with van der Waals surface area (Å²) in [4.78, 5) is 3.66. The van der Waals surface area contributed by atoms with Crippen LogP contribution in [0.2, 0.25) is 0 Å². The van der Waals surface area contributed by atoms with E-state index in [0.717, 1.165) is 5.57 Å². The van der Waals surface area contributed by atoms with Crippen LogP contribution < -0.4 is 4.74 Å². The van der Waals surface area contributed by atoms with E-state index in [4.69, 9.17) is 0 Å². The molecule has 1 aromatic rings. The molecule has 130 valence electrons. The summed E-state index contributed by atoms with van der Waals surface area (Å²) in [6.07, 6.45) is 0.173. The van der Waals surface area contributed by atoms with Gasteiger partial charge in [-0.15, -0.1) is 13.2 Å². The minimum absolute atomic E-state index is 0.284. The smallest absolute Gasteiger partial charge is 0.406 e. The summed E-state index contributed by atoms with van der Waals surface area (Å²) in [7, 11) is 1.84. The Labute approximate surface area is 142 Å². The van der Waals surface area contributed by atoms with Gasteiger partial charge in [0.15, 0.2) is 0 Å². The number of rotatable bonds is 3. The summed E-state index contributed by atoms with van der Waals surface area (Å²) in [5.41, 5.74) is 2.18. The van der Waals surface area contributed by atoms with Crippen molar-refractivity contribution < 1.29 is 23.0 Å². The predicted molar refractivity (Wildman–Crippen MR) is 83.4 cm³/mol. The van der Waals surface area contributed by atoms with Crippen molar-refractivity contribution in [2.75, 3.05) is 13.7 Å². The molecule has 2 heterocycles. The maximum absolute atomic E-state index is 12.3. The van der Waals surface area contributed by atoms with Crippen molar-refractivity contribution >= 4 is 5.57 Å². The van der Waals surface area contributed by atoms with Crippen molar-refractivity contribution in [2.45, 2.75) is 12.5 Å². The summed E-state index contributed by atoms with van der Waals surface area (Å²) in [5, 5.41) is 18.9. The average Bonchev–Trinajstić information content (AvgIpc) is 2.95. The highest BCUT2D eigenvalue weighted by Crippen LogP contribution is 2.37. The Balaban J connectivity index is 1.99. The minimum atomic E-state index is -4.75. The molecule has 1 atom stereocenters. The molecule has 2 aliphatic heterocycles. The van der Waals surface area contributed by atoms with E-state index >= 15 is 0 Å². The highest BCUT2D eigenvalue weighted by Gasteiger charge is 2.35. The third-order valence-electron chi connectivity index (χ3n) is 4.00. The van der Waals surface area contributed by atoms with Crippen LogP contribution in [0.5, 0.6) is 5.75 Å². The molecule has 8 heteroatoms. The zero-order valence-corrected chi connectivity index (χ0v) is 13.2. The summed E-state index contributed by atoms with van der Waals surface area (Å²) < 4.78 is 40.7. The Morgan fingerprint density at radius 2 is 1.92 bits per heavy atom. The van der Waals surface area contributed by atoms with Crippen molar-refractivity contribution in [1.82, 2.24) is 9.80 Å². The lowest BCUT2D eigenvalue weighted by Crippen LogP contribution is -2.40. The number of fused-ring (bicyclic) bond motifs is 1. The Kier molecular flexibility index (Phi) is 4.18. The van der Waals surface area contributed by atoms with Crippen LogP contribution in [0.3, 0.4) is 0 Å². The molecule has 0 amide bonds. The number of ether oxygens (including phenoxy) is 1. The lowest BCUT2D eigenvalue weighted by molar-refractivity contribution is -0.274. The minimum Gasteiger partial charge on any atom is -0.406 e. The van der Waals surface area contributed by atoms with Gasteiger partial charge < -0.3 is 19.6 Å². The van der Waals surface area contributed by atoms with Crippen molar-refractivity contribution in [3.63, 3.8) is 0 Å². The number of aliphatic hydroxyl groups is 1. The molecule has 3 rings (SSSR count). The van der Waals surface area contributed by atoms with Gasteiger partial charge in [-0.2, -0.15) is 5.26 Å². The Hall–Kier alpha value is -2.92. The molecule has 2 aliphatic rings.